The summed E-state index contributed by atoms with van der Waals surface area (Å²) in [5.41, 5.74) is 1.16. The van der Waals surface area contributed by atoms with Crippen LogP contribution in [0.3, 0.4) is 0 Å². The lowest BCUT2D eigenvalue weighted by molar-refractivity contribution is -0.841. The van der Waals surface area contributed by atoms with Crippen molar-refractivity contribution < 1.29 is 26.5 Å². The standard InChI is InChI=1S/C9H10NO.BF4/c1-2-10-9-6-4-3-5-8(9)7-11-10;2-1(3,4)5/h3-7H,2H2,1H3;/q+1;-1. The molecule has 0 unspecified atom stereocenters. The van der Waals surface area contributed by atoms with Crippen LogP contribution in [0.25, 0.3) is 10.9 Å². The van der Waals surface area contributed by atoms with Gasteiger partial charge in [0.15, 0.2) is 12.8 Å². The Balaban J connectivity index is 0.000000221. The van der Waals surface area contributed by atoms with E-state index in [-0.39, 0.29) is 0 Å². The van der Waals surface area contributed by atoms with Gasteiger partial charge in [-0.3, -0.25) is 0 Å². The molecule has 0 fully saturated rings. The summed E-state index contributed by atoms with van der Waals surface area (Å²) in [5.74, 6) is 0. The lowest BCUT2D eigenvalue weighted by Gasteiger charge is -1.94. The number of hydrogen-bond acceptors (Lipinski definition) is 1. The Labute approximate surface area is 89.5 Å². The number of nitrogens with zero attached hydrogens (tertiary/aromatic N) is 1. The fourth-order valence-electron chi connectivity index (χ4n) is 1.24. The lowest BCUT2D eigenvalue weighted by Crippen LogP contribution is -2.29. The fourth-order valence-corrected chi connectivity index (χ4v) is 1.24. The van der Waals surface area contributed by atoms with Crippen molar-refractivity contribution in [3.8, 4) is 0 Å². The first kappa shape index (κ1) is 12.5. The van der Waals surface area contributed by atoms with Crippen molar-refractivity contribution in [1.82, 2.24) is 0 Å². The first-order valence-electron chi connectivity index (χ1n) is 4.65. The second kappa shape index (κ2) is 5.00. The van der Waals surface area contributed by atoms with Gasteiger partial charge in [0.05, 0.1) is 5.39 Å². The van der Waals surface area contributed by atoms with Gasteiger partial charge in [0.2, 0.25) is 0 Å². The zero-order valence-corrected chi connectivity index (χ0v) is 8.54. The molecule has 0 bridgehead atoms. The van der Waals surface area contributed by atoms with Gasteiger partial charge in [-0.15, -0.1) is 0 Å². The SMILES string of the molecule is CC[n+]1occ2ccccc21.F[B-](F)(F)F. The van der Waals surface area contributed by atoms with E-state index in [0.29, 0.717) is 0 Å². The molecule has 0 aliphatic heterocycles. The van der Waals surface area contributed by atoms with Gasteiger partial charge in [-0.05, 0) is 17.7 Å². The van der Waals surface area contributed by atoms with Crippen molar-refractivity contribution in [3.05, 3.63) is 30.5 Å². The van der Waals surface area contributed by atoms with Crippen LogP contribution in [0.1, 0.15) is 6.92 Å². The smallest absolute Gasteiger partial charge is 0.418 e. The van der Waals surface area contributed by atoms with Gasteiger partial charge in [0.25, 0.3) is 5.52 Å². The summed E-state index contributed by atoms with van der Waals surface area (Å²) >= 11 is 0. The molecule has 0 radical (unpaired) electrons. The summed E-state index contributed by atoms with van der Waals surface area (Å²) in [6, 6.07) is 8.13. The van der Waals surface area contributed by atoms with E-state index in [9.17, 15) is 17.3 Å². The second-order valence-electron chi connectivity index (χ2n) is 2.97. The quantitative estimate of drug-likeness (QED) is 0.421. The van der Waals surface area contributed by atoms with Crippen molar-refractivity contribution in [3.63, 3.8) is 0 Å². The van der Waals surface area contributed by atoms with E-state index in [2.05, 4.69) is 13.0 Å². The van der Waals surface area contributed by atoms with Gasteiger partial charge >= 0.3 is 7.25 Å². The molecule has 0 aliphatic carbocycles. The lowest BCUT2D eigenvalue weighted by atomic mass is 10.3. The zero-order chi connectivity index (χ0) is 12.2. The van der Waals surface area contributed by atoms with E-state index in [0.717, 1.165) is 17.4 Å². The average Bonchev–Trinajstić information content (AvgIpc) is 2.58. The third kappa shape index (κ3) is 3.92. The maximum absolute atomic E-state index is 9.75. The fraction of sp³-hybridized carbons (Fsp3) is 0.222. The largest absolute Gasteiger partial charge is 0.673 e. The van der Waals surface area contributed by atoms with Crippen LogP contribution < -0.4 is 4.74 Å². The highest BCUT2D eigenvalue weighted by Crippen LogP contribution is 2.08. The van der Waals surface area contributed by atoms with E-state index in [1.807, 2.05) is 22.9 Å². The highest BCUT2D eigenvalue weighted by atomic mass is 19.5. The number of aryl methyl sites for hydroxylation is 1. The van der Waals surface area contributed by atoms with Crippen LogP contribution in [0.5, 0.6) is 0 Å². The summed E-state index contributed by atoms with van der Waals surface area (Å²) in [5, 5.41) is 1.16. The highest BCUT2D eigenvalue weighted by Gasteiger charge is 2.20. The first-order chi connectivity index (χ1) is 7.42. The highest BCUT2D eigenvalue weighted by molar-refractivity contribution is 6.50. The molecule has 0 aliphatic rings. The molecule has 0 atom stereocenters. The van der Waals surface area contributed by atoms with E-state index in [1.54, 1.807) is 6.26 Å². The van der Waals surface area contributed by atoms with Crippen molar-refractivity contribution in [2.24, 2.45) is 0 Å². The van der Waals surface area contributed by atoms with Gasteiger partial charge in [0, 0.05) is 6.07 Å². The molecule has 2 nitrogen and oxygen atoms in total. The number of benzene rings is 1. The molecule has 7 heteroatoms. The normalized spacial score (nSPS) is 11.1. The van der Waals surface area contributed by atoms with Crippen LogP contribution in [-0.2, 0) is 6.54 Å². The van der Waals surface area contributed by atoms with Crippen molar-refractivity contribution in [2.45, 2.75) is 13.5 Å². The number of fused-ring (bicyclic) bond motifs is 1. The molecule has 1 heterocycles. The first-order valence-corrected chi connectivity index (χ1v) is 4.65. The minimum atomic E-state index is -6.00. The van der Waals surface area contributed by atoms with Crippen LogP contribution >= 0.6 is 0 Å². The molecule has 1 aromatic heterocycles. The van der Waals surface area contributed by atoms with Gasteiger partial charge in [-0.1, -0.05) is 12.1 Å². The van der Waals surface area contributed by atoms with Crippen LogP contribution in [-0.4, -0.2) is 7.25 Å². The van der Waals surface area contributed by atoms with E-state index in [1.165, 1.54) is 0 Å². The van der Waals surface area contributed by atoms with Gasteiger partial charge < -0.3 is 17.3 Å². The van der Waals surface area contributed by atoms with Crippen LogP contribution in [0.4, 0.5) is 17.3 Å². The van der Waals surface area contributed by atoms with Gasteiger partial charge in [-0.25, -0.2) is 4.52 Å². The molecule has 16 heavy (non-hydrogen) atoms. The van der Waals surface area contributed by atoms with Crippen LogP contribution in [0, 0.1) is 0 Å². The van der Waals surface area contributed by atoms with Crippen molar-refractivity contribution in [2.75, 3.05) is 0 Å². The van der Waals surface area contributed by atoms with E-state index >= 15 is 0 Å². The third-order valence-corrected chi connectivity index (χ3v) is 1.80. The predicted octanol–water partition coefficient (Wildman–Crippen LogP) is 3.04. The predicted molar refractivity (Wildman–Crippen MR) is 52.3 cm³/mol. The molecule has 2 aromatic rings. The van der Waals surface area contributed by atoms with Crippen LogP contribution in [0.2, 0.25) is 0 Å². The maximum atomic E-state index is 9.75. The van der Waals surface area contributed by atoms with Gasteiger partial charge in [-0.2, -0.15) is 0 Å². The van der Waals surface area contributed by atoms with E-state index < -0.39 is 7.25 Å². The summed E-state index contributed by atoms with van der Waals surface area (Å²) in [6.07, 6.45) is 1.78. The Morgan fingerprint density at radius 3 is 2.31 bits per heavy atom. The Bertz CT molecular complexity index is 448. The molecule has 0 N–H and O–H groups in total. The Hall–Kier alpha value is -1.53. The van der Waals surface area contributed by atoms with Crippen molar-refractivity contribution >= 4 is 18.2 Å². The zero-order valence-electron chi connectivity index (χ0n) is 8.54. The number of rotatable bonds is 1. The topological polar surface area (TPSA) is 17.0 Å². The monoisotopic (exact) mass is 235 g/mol. The minimum absolute atomic E-state index is 0.882. The van der Waals surface area contributed by atoms with E-state index in [4.69, 9.17) is 4.52 Å². The Morgan fingerprint density at radius 1 is 1.19 bits per heavy atom. The third-order valence-electron chi connectivity index (χ3n) is 1.80. The number of aromatic nitrogens is 1. The number of hydrogen-bond donors (Lipinski definition) is 0. The molecule has 0 spiro atoms. The molecule has 0 amide bonds. The molecule has 0 saturated heterocycles. The summed E-state index contributed by atoms with van der Waals surface area (Å²) < 4.78 is 46.2. The molecule has 1 aromatic carbocycles. The Morgan fingerprint density at radius 2 is 1.75 bits per heavy atom. The van der Waals surface area contributed by atoms with Gasteiger partial charge in [0.1, 0.15) is 0 Å². The number of halogens is 4. The molecule has 0 saturated carbocycles. The maximum Gasteiger partial charge on any atom is 0.673 e. The summed E-state index contributed by atoms with van der Waals surface area (Å²) in [6.45, 7) is 2.95. The molecule has 2 rings (SSSR count). The Kier molecular flexibility index (Phi) is 3.92. The second-order valence-corrected chi connectivity index (χ2v) is 2.97. The van der Waals surface area contributed by atoms with Crippen LogP contribution in [0.15, 0.2) is 35.1 Å². The minimum Gasteiger partial charge on any atom is -0.418 e. The number of para-hydroxylation sites is 1. The molecule has 88 valence electrons. The average molecular weight is 235 g/mol. The van der Waals surface area contributed by atoms with Crippen molar-refractivity contribution in [1.29, 1.82) is 0 Å². The molecular formula is C9H10BF4NO. The summed E-state index contributed by atoms with van der Waals surface area (Å²) in [4.78, 5) is 0. The molecular weight excluding hydrogens is 225 g/mol. The summed E-state index contributed by atoms with van der Waals surface area (Å²) in [7, 11) is -6.00.